The van der Waals surface area contributed by atoms with Crippen LogP contribution in [0.3, 0.4) is 0 Å². The minimum atomic E-state index is 0.538. The molecule has 0 saturated heterocycles. The van der Waals surface area contributed by atoms with Gasteiger partial charge in [-0.3, -0.25) is 0 Å². The van der Waals surface area contributed by atoms with Crippen molar-refractivity contribution in [3.63, 3.8) is 0 Å². The second-order valence-corrected chi connectivity index (χ2v) is 3.65. The molecule has 2 atom stereocenters. The molecule has 0 bridgehead atoms. The minimum absolute atomic E-state index is 0.538. The SMILES string of the molecule is CNC(C)C1CNc2ccccc21. The van der Waals surface area contributed by atoms with Gasteiger partial charge < -0.3 is 10.6 Å². The van der Waals surface area contributed by atoms with Gasteiger partial charge in [0, 0.05) is 24.2 Å². The molecule has 1 aromatic rings. The van der Waals surface area contributed by atoms with Crippen molar-refractivity contribution in [3.05, 3.63) is 29.8 Å². The summed E-state index contributed by atoms with van der Waals surface area (Å²) in [5, 5.41) is 6.73. The predicted octanol–water partition coefficient (Wildman–Crippen LogP) is 1.80. The lowest BCUT2D eigenvalue weighted by Crippen LogP contribution is -2.29. The summed E-state index contributed by atoms with van der Waals surface area (Å²) in [6.45, 7) is 3.29. The first-order valence-corrected chi connectivity index (χ1v) is 4.83. The Balaban J connectivity index is 2.28. The van der Waals surface area contributed by atoms with Crippen LogP contribution in [0.2, 0.25) is 0 Å². The quantitative estimate of drug-likeness (QED) is 0.718. The van der Waals surface area contributed by atoms with Crippen molar-refractivity contribution in [1.82, 2.24) is 5.32 Å². The molecule has 2 unspecified atom stereocenters. The van der Waals surface area contributed by atoms with Crippen LogP contribution in [0.1, 0.15) is 18.4 Å². The number of likely N-dealkylation sites (N-methyl/N-ethyl adjacent to an activating group) is 1. The van der Waals surface area contributed by atoms with Gasteiger partial charge in [-0.2, -0.15) is 0 Å². The van der Waals surface area contributed by atoms with Gasteiger partial charge >= 0.3 is 0 Å². The molecule has 0 aromatic heterocycles. The molecular weight excluding hydrogens is 160 g/mol. The maximum Gasteiger partial charge on any atom is 0.0377 e. The number of nitrogens with one attached hydrogen (secondary N) is 2. The molecule has 2 rings (SSSR count). The summed E-state index contributed by atoms with van der Waals surface area (Å²) in [7, 11) is 2.02. The van der Waals surface area contributed by atoms with Crippen molar-refractivity contribution in [2.75, 3.05) is 18.9 Å². The van der Waals surface area contributed by atoms with Gasteiger partial charge in [-0.05, 0) is 25.6 Å². The molecule has 13 heavy (non-hydrogen) atoms. The maximum absolute atomic E-state index is 3.43. The third-order valence-electron chi connectivity index (χ3n) is 2.93. The van der Waals surface area contributed by atoms with Crippen LogP contribution in [0.25, 0.3) is 0 Å². The van der Waals surface area contributed by atoms with E-state index in [1.165, 1.54) is 11.3 Å². The van der Waals surface area contributed by atoms with E-state index in [9.17, 15) is 0 Å². The fraction of sp³-hybridized carbons (Fsp3) is 0.455. The average molecular weight is 176 g/mol. The normalized spacial score (nSPS) is 22.2. The lowest BCUT2D eigenvalue weighted by atomic mass is 9.95. The number of hydrogen-bond donors (Lipinski definition) is 2. The lowest BCUT2D eigenvalue weighted by molar-refractivity contribution is 0.523. The summed E-state index contributed by atoms with van der Waals surface area (Å²) in [5.41, 5.74) is 2.75. The standard InChI is InChI=1S/C11H16N2/c1-8(12-2)10-7-13-11-6-4-3-5-9(10)11/h3-6,8,10,12-13H,7H2,1-2H3. The van der Waals surface area contributed by atoms with Crippen molar-refractivity contribution in [3.8, 4) is 0 Å². The fourth-order valence-corrected chi connectivity index (χ4v) is 1.96. The zero-order valence-electron chi connectivity index (χ0n) is 8.17. The summed E-state index contributed by atoms with van der Waals surface area (Å²) in [6.07, 6.45) is 0. The lowest BCUT2D eigenvalue weighted by Gasteiger charge is -2.18. The van der Waals surface area contributed by atoms with Crippen LogP contribution < -0.4 is 10.6 Å². The fourth-order valence-electron chi connectivity index (χ4n) is 1.96. The topological polar surface area (TPSA) is 24.1 Å². The van der Waals surface area contributed by atoms with Crippen LogP contribution in [-0.4, -0.2) is 19.6 Å². The van der Waals surface area contributed by atoms with Crippen LogP contribution in [0.15, 0.2) is 24.3 Å². The number of rotatable bonds is 2. The van der Waals surface area contributed by atoms with Crippen LogP contribution in [0.5, 0.6) is 0 Å². The molecule has 1 heterocycles. The molecule has 1 aliphatic heterocycles. The molecule has 0 aliphatic carbocycles. The number of anilines is 1. The van der Waals surface area contributed by atoms with Crippen molar-refractivity contribution >= 4 is 5.69 Å². The summed E-state index contributed by atoms with van der Waals surface area (Å²) in [5.74, 6) is 0.612. The third kappa shape index (κ3) is 1.42. The number of hydrogen-bond acceptors (Lipinski definition) is 2. The average Bonchev–Trinajstić information content (AvgIpc) is 2.60. The molecule has 0 fully saturated rings. The van der Waals surface area contributed by atoms with Crippen molar-refractivity contribution in [1.29, 1.82) is 0 Å². The van der Waals surface area contributed by atoms with E-state index < -0.39 is 0 Å². The van der Waals surface area contributed by atoms with E-state index in [1.54, 1.807) is 0 Å². The van der Waals surface area contributed by atoms with Gasteiger partial charge in [0.15, 0.2) is 0 Å². The van der Waals surface area contributed by atoms with E-state index in [-0.39, 0.29) is 0 Å². The maximum atomic E-state index is 3.43. The van der Waals surface area contributed by atoms with E-state index in [0.717, 1.165) is 6.54 Å². The van der Waals surface area contributed by atoms with Gasteiger partial charge in [-0.15, -0.1) is 0 Å². The Morgan fingerprint density at radius 3 is 3.00 bits per heavy atom. The van der Waals surface area contributed by atoms with Crippen molar-refractivity contribution in [2.45, 2.75) is 18.9 Å². The van der Waals surface area contributed by atoms with Gasteiger partial charge in [-0.25, -0.2) is 0 Å². The van der Waals surface area contributed by atoms with Gasteiger partial charge in [0.25, 0.3) is 0 Å². The summed E-state index contributed by atoms with van der Waals surface area (Å²) < 4.78 is 0. The van der Waals surface area contributed by atoms with Gasteiger partial charge in [0.05, 0.1) is 0 Å². The highest BCUT2D eigenvalue weighted by molar-refractivity contribution is 5.58. The zero-order chi connectivity index (χ0) is 9.26. The molecular formula is C11H16N2. The van der Waals surface area contributed by atoms with Gasteiger partial charge in [0.1, 0.15) is 0 Å². The second-order valence-electron chi connectivity index (χ2n) is 3.65. The highest BCUT2D eigenvalue weighted by Gasteiger charge is 2.25. The minimum Gasteiger partial charge on any atom is -0.384 e. The smallest absolute Gasteiger partial charge is 0.0377 e. The molecule has 1 aliphatic rings. The first-order valence-electron chi connectivity index (χ1n) is 4.83. The van der Waals surface area contributed by atoms with Crippen LogP contribution in [0.4, 0.5) is 5.69 Å². The largest absolute Gasteiger partial charge is 0.384 e. The Morgan fingerprint density at radius 1 is 1.46 bits per heavy atom. The number of fused-ring (bicyclic) bond motifs is 1. The van der Waals surface area contributed by atoms with Crippen molar-refractivity contribution < 1.29 is 0 Å². The highest BCUT2D eigenvalue weighted by atomic mass is 15.0. The molecule has 0 amide bonds. The van der Waals surface area contributed by atoms with Gasteiger partial charge in [-0.1, -0.05) is 18.2 Å². The summed E-state index contributed by atoms with van der Waals surface area (Å²) >= 11 is 0. The number of para-hydroxylation sites is 1. The molecule has 0 spiro atoms. The van der Waals surface area contributed by atoms with Gasteiger partial charge in [0.2, 0.25) is 0 Å². The van der Waals surface area contributed by atoms with E-state index in [0.29, 0.717) is 12.0 Å². The molecule has 2 nitrogen and oxygen atoms in total. The molecule has 1 aromatic carbocycles. The molecule has 2 N–H and O–H groups in total. The Bertz CT molecular complexity index is 296. The summed E-state index contributed by atoms with van der Waals surface area (Å²) in [4.78, 5) is 0. The highest BCUT2D eigenvalue weighted by Crippen LogP contribution is 2.32. The van der Waals surface area contributed by atoms with E-state index in [2.05, 4.69) is 41.8 Å². The third-order valence-corrected chi connectivity index (χ3v) is 2.93. The first kappa shape index (κ1) is 8.57. The molecule has 2 heteroatoms. The Hall–Kier alpha value is -1.02. The van der Waals surface area contributed by atoms with E-state index in [1.807, 2.05) is 7.05 Å². The Kier molecular flexibility index (Phi) is 2.23. The zero-order valence-corrected chi connectivity index (χ0v) is 8.17. The monoisotopic (exact) mass is 176 g/mol. The molecule has 70 valence electrons. The predicted molar refractivity (Wildman–Crippen MR) is 56.2 cm³/mol. The van der Waals surface area contributed by atoms with E-state index in [4.69, 9.17) is 0 Å². The van der Waals surface area contributed by atoms with Crippen molar-refractivity contribution in [2.24, 2.45) is 0 Å². The van der Waals surface area contributed by atoms with Crippen LogP contribution >= 0.6 is 0 Å². The number of benzene rings is 1. The second kappa shape index (κ2) is 3.38. The van der Waals surface area contributed by atoms with Crippen LogP contribution in [0, 0.1) is 0 Å². The molecule has 0 saturated carbocycles. The Morgan fingerprint density at radius 2 is 2.23 bits per heavy atom. The van der Waals surface area contributed by atoms with E-state index >= 15 is 0 Å². The van der Waals surface area contributed by atoms with Crippen LogP contribution in [-0.2, 0) is 0 Å². The summed E-state index contributed by atoms with van der Waals surface area (Å²) in [6, 6.07) is 9.10. The molecule has 0 radical (unpaired) electrons. The first-order chi connectivity index (χ1) is 6.33. The Labute approximate surface area is 79.4 Å².